The average Bonchev–Trinajstić information content (AvgIpc) is 3.63. The molecule has 1 aromatic carbocycles. The molecule has 0 amide bonds. The highest BCUT2D eigenvalue weighted by Crippen LogP contribution is 2.51. The quantitative estimate of drug-likeness (QED) is 0.336. The lowest BCUT2D eigenvalue weighted by Gasteiger charge is -2.31. The maximum absolute atomic E-state index is 13.6. The molecule has 2 aliphatic carbocycles. The fraction of sp³-hybridized carbons (Fsp3) is 0.484. The lowest BCUT2D eigenvalue weighted by atomic mass is 9.72. The second-order valence-corrected chi connectivity index (χ2v) is 14.3. The van der Waals surface area contributed by atoms with Gasteiger partial charge in [-0.3, -0.25) is 4.79 Å². The molecule has 3 aliphatic rings. The largest absolute Gasteiger partial charge is 0.417 e. The molecule has 8 nitrogen and oxygen atoms in total. The number of carbonyl (C=O) groups is 1. The molecule has 226 valence electrons. The van der Waals surface area contributed by atoms with Crippen molar-refractivity contribution in [3.63, 3.8) is 0 Å². The predicted molar refractivity (Wildman–Crippen MR) is 154 cm³/mol. The van der Waals surface area contributed by atoms with Gasteiger partial charge in [-0.05, 0) is 55.5 Å². The van der Waals surface area contributed by atoms with E-state index in [2.05, 4.69) is 11.1 Å². The van der Waals surface area contributed by atoms with Crippen molar-refractivity contribution in [2.45, 2.75) is 57.0 Å². The summed E-state index contributed by atoms with van der Waals surface area (Å²) >= 11 is 0. The molecule has 0 spiro atoms. The van der Waals surface area contributed by atoms with E-state index < -0.39 is 27.0 Å². The summed E-state index contributed by atoms with van der Waals surface area (Å²) < 4.78 is 64.8. The molecule has 2 aromatic heterocycles. The van der Waals surface area contributed by atoms with Crippen LogP contribution in [0.15, 0.2) is 48.8 Å². The Bertz CT molecular complexity index is 1640. The molecule has 3 fully saturated rings. The van der Waals surface area contributed by atoms with Crippen molar-refractivity contribution in [3.8, 4) is 23.0 Å². The summed E-state index contributed by atoms with van der Waals surface area (Å²) in [4.78, 5) is 19.6. The fourth-order valence-corrected chi connectivity index (χ4v) is 7.50. The summed E-state index contributed by atoms with van der Waals surface area (Å²) in [5, 5.41) is 14.4. The molecule has 3 heterocycles. The number of benzene rings is 1. The molecule has 12 heteroatoms. The second-order valence-electron chi connectivity index (χ2n) is 12.0. The summed E-state index contributed by atoms with van der Waals surface area (Å²) in [5.41, 5.74) is 1.78. The number of nitrogens with zero attached hydrogens (tertiary/aromatic N) is 5. The molecule has 2 atom stereocenters. The van der Waals surface area contributed by atoms with Gasteiger partial charge in [-0.15, -0.1) is 0 Å². The van der Waals surface area contributed by atoms with E-state index in [0.29, 0.717) is 25.2 Å². The third kappa shape index (κ3) is 6.18. The highest BCUT2D eigenvalue weighted by Gasteiger charge is 2.47. The molecule has 6 rings (SSSR count). The first kappa shape index (κ1) is 29.4. The Hall–Kier alpha value is -3.72. The van der Waals surface area contributed by atoms with Gasteiger partial charge in [0.1, 0.15) is 5.78 Å². The Morgan fingerprint density at radius 3 is 2.35 bits per heavy atom. The second kappa shape index (κ2) is 11.1. The molecule has 43 heavy (non-hydrogen) atoms. The topological polar surface area (TPSA) is 109 Å². The minimum Gasteiger partial charge on any atom is -0.369 e. The zero-order valence-electron chi connectivity index (χ0n) is 23.6. The van der Waals surface area contributed by atoms with Gasteiger partial charge < -0.3 is 4.90 Å². The van der Waals surface area contributed by atoms with Gasteiger partial charge in [-0.2, -0.15) is 23.5 Å². The van der Waals surface area contributed by atoms with Gasteiger partial charge in [-0.1, -0.05) is 25.0 Å². The SMILES string of the molecule is N#CC1(CC(=O)[C@@H]2CCCC[C@H]2c2nn(-c3ccc(C(F)(F)F)cn3)cc2-c2ccc(N3CCS(=O)(=O)CC3)cc2)CC1. The molecule has 1 aliphatic heterocycles. The number of pyridine rings is 1. The first-order chi connectivity index (χ1) is 20.5. The number of aromatic nitrogens is 3. The van der Waals surface area contributed by atoms with Crippen LogP contribution >= 0.6 is 0 Å². The van der Waals surface area contributed by atoms with Crippen LogP contribution in [-0.2, 0) is 20.8 Å². The molecule has 0 bridgehead atoms. The van der Waals surface area contributed by atoms with Crippen molar-refractivity contribution in [2.24, 2.45) is 11.3 Å². The van der Waals surface area contributed by atoms with Crippen molar-refractivity contribution in [3.05, 3.63) is 60.0 Å². The van der Waals surface area contributed by atoms with Crippen LogP contribution in [0.1, 0.15) is 62.1 Å². The average molecular weight is 612 g/mol. The van der Waals surface area contributed by atoms with Crippen LogP contribution in [0, 0.1) is 22.7 Å². The number of halogens is 3. The molecule has 0 radical (unpaired) electrons. The van der Waals surface area contributed by atoms with E-state index in [-0.39, 0.29) is 41.4 Å². The third-order valence-electron chi connectivity index (χ3n) is 9.07. The molecule has 1 saturated heterocycles. The lowest BCUT2D eigenvalue weighted by Crippen LogP contribution is -2.40. The van der Waals surface area contributed by atoms with Gasteiger partial charge in [0.15, 0.2) is 15.7 Å². The minimum absolute atomic E-state index is 0.0762. The van der Waals surface area contributed by atoms with Gasteiger partial charge in [0.2, 0.25) is 0 Å². The van der Waals surface area contributed by atoms with Crippen molar-refractivity contribution in [1.82, 2.24) is 14.8 Å². The van der Waals surface area contributed by atoms with E-state index in [4.69, 9.17) is 5.10 Å². The molecule has 0 unspecified atom stereocenters. The van der Waals surface area contributed by atoms with E-state index in [1.54, 1.807) is 6.20 Å². The molecular weight excluding hydrogens is 579 g/mol. The number of carbonyl (C=O) groups excluding carboxylic acids is 1. The van der Waals surface area contributed by atoms with E-state index in [9.17, 15) is 31.6 Å². The standard InChI is InChI=1S/C31H32F3N5O3S/c32-31(33,34)22-7-10-28(36-18-22)39-19-26(21-5-8-23(9-6-21)38-13-15-43(41,42)16-14-38)29(37-39)25-4-2-1-3-24(25)27(40)17-30(20-35)11-12-30/h5-10,18-19,24-25H,1-4,11-17H2/t24-,25-/m1/s1. The molecule has 0 N–H and O–H groups in total. The van der Waals surface area contributed by atoms with Crippen LogP contribution < -0.4 is 4.90 Å². The van der Waals surface area contributed by atoms with Crippen LogP contribution in [0.3, 0.4) is 0 Å². The molecule has 3 aromatic rings. The van der Waals surface area contributed by atoms with Crippen LogP contribution in [-0.4, -0.2) is 53.6 Å². The maximum Gasteiger partial charge on any atom is 0.417 e. The Morgan fingerprint density at radius 1 is 1.05 bits per heavy atom. The van der Waals surface area contributed by atoms with E-state index in [0.717, 1.165) is 61.2 Å². The number of hydrogen-bond donors (Lipinski definition) is 0. The third-order valence-corrected chi connectivity index (χ3v) is 10.7. The zero-order valence-corrected chi connectivity index (χ0v) is 24.4. The van der Waals surface area contributed by atoms with E-state index in [1.165, 1.54) is 10.7 Å². The number of nitriles is 1. The Morgan fingerprint density at radius 2 is 1.74 bits per heavy atom. The van der Waals surface area contributed by atoms with Crippen molar-refractivity contribution in [1.29, 1.82) is 5.26 Å². The summed E-state index contributed by atoms with van der Waals surface area (Å²) in [5.74, 6) is 0.0238. The van der Waals surface area contributed by atoms with Crippen molar-refractivity contribution >= 4 is 21.3 Å². The smallest absolute Gasteiger partial charge is 0.369 e. The lowest BCUT2D eigenvalue weighted by molar-refractivity contribution is -0.137. The number of sulfone groups is 1. The van der Waals surface area contributed by atoms with Crippen molar-refractivity contribution in [2.75, 3.05) is 29.5 Å². The van der Waals surface area contributed by atoms with Crippen LogP contribution in [0.2, 0.25) is 0 Å². The first-order valence-electron chi connectivity index (χ1n) is 14.6. The number of anilines is 1. The van der Waals surface area contributed by atoms with Crippen molar-refractivity contribution < 1.29 is 26.4 Å². The van der Waals surface area contributed by atoms with Crippen LogP contribution in [0.4, 0.5) is 18.9 Å². The minimum atomic E-state index is -4.51. The highest BCUT2D eigenvalue weighted by molar-refractivity contribution is 7.91. The predicted octanol–water partition coefficient (Wildman–Crippen LogP) is 5.72. The summed E-state index contributed by atoms with van der Waals surface area (Å²) in [6.45, 7) is 0.834. The normalized spacial score (nSPS) is 23.0. The van der Waals surface area contributed by atoms with Crippen LogP contribution in [0.5, 0.6) is 0 Å². The van der Waals surface area contributed by atoms with E-state index in [1.807, 2.05) is 29.2 Å². The number of rotatable bonds is 7. The van der Waals surface area contributed by atoms with Crippen LogP contribution in [0.25, 0.3) is 16.9 Å². The van der Waals surface area contributed by atoms with Gasteiger partial charge >= 0.3 is 6.18 Å². The summed E-state index contributed by atoms with van der Waals surface area (Å²) in [6.07, 6.45) is 3.00. The molecule has 2 saturated carbocycles. The zero-order chi connectivity index (χ0) is 30.4. The van der Waals surface area contributed by atoms with Gasteiger partial charge in [-0.25, -0.2) is 18.1 Å². The van der Waals surface area contributed by atoms with Gasteiger partial charge in [0, 0.05) is 55.0 Å². The Labute approximate surface area is 248 Å². The highest BCUT2D eigenvalue weighted by atomic mass is 32.2. The van der Waals surface area contributed by atoms with Gasteiger partial charge in [0.25, 0.3) is 0 Å². The van der Waals surface area contributed by atoms with Gasteiger partial charge in [0.05, 0.1) is 34.2 Å². The first-order valence-corrected chi connectivity index (χ1v) is 16.4. The number of Topliss-reactive ketones (excluding diaryl/α,β-unsaturated/α-hetero) is 1. The Balaban J connectivity index is 1.35. The summed E-state index contributed by atoms with van der Waals surface area (Å²) in [7, 11) is -3.02. The number of alkyl halides is 3. The van der Waals surface area contributed by atoms with E-state index >= 15 is 0 Å². The summed E-state index contributed by atoms with van der Waals surface area (Å²) in [6, 6.07) is 12.3. The molecular formula is C31H32F3N5O3S. The Kier molecular flexibility index (Phi) is 7.57. The maximum atomic E-state index is 13.6. The fourth-order valence-electron chi connectivity index (χ4n) is 6.30. The number of ketones is 1. The number of hydrogen-bond acceptors (Lipinski definition) is 7. The monoisotopic (exact) mass is 611 g/mol.